The van der Waals surface area contributed by atoms with Gasteiger partial charge in [0.25, 0.3) is 5.91 Å². The summed E-state index contributed by atoms with van der Waals surface area (Å²) in [6.07, 6.45) is 1.83. The van der Waals surface area contributed by atoms with Crippen LogP contribution in [0.3, 0.4) is 0 Å². The number of amides is 1. The molecule has 0 saturated carbocycles. The van der Waals surface area contributed by atoms with E-state index in [1.54, 1.807) is 6.20 Å². The third kappa shape index (κ3) is 3.05. The standard InChI is InChI=1S/C11H15BrN2O2S/c1-7-5-14(6-9(3-12)16-7)11(15)10-4-13-8(2)17-10/h4,7,9H,3,5-6H2,1-2H3. The highest BCUT2D eigenvalue weighted by Gasteiger charge is 2.29. The second kappa shape index (κ2) is 5.46. The Morgan fingerprint density at radius 1 is 1.71 bits per heavy atom. The molecule has 1 fully saturated rings. The molecule has 0 N–H and O–H groups in total. The Morgan fingerprint density at radius 2 is 2.47 bits per heavy atom. The summed E-state index contributed by atoms with van der Waals surface area (Å²) in [5, 5.41) is 1.68. The predicted octanol–water partition coefficient (Wildman–Crippen LogP) is 2.08. The molecule has 1 aromatic rings. The Bertz CT molecular complexity index is 410. The number of carbonyl (C=O) groups excluding carboxylic acids is 1. The van der Waals surface area contributed by atoms with Gasteiger partial charge >= 0.3 is 0 Å². The van der Waals surface area contributed by atoms with Gasteiger partial charge in [0, 0.05) is 18.4 Å². The van der Waals surface area contributed by atoms with Crippen molar-refractivity contribution in [1.29, 1.82) is 0 Å². The van der Waals surface area contributed by atoms with Gasteiger partial charge in [0.15, 0.2) is 0 Å². The molecule has 2 unspecified atom stereocenters. The summed E-state index contributed by atoms with van der Waals surface area (Å²) < 4.78 is 5.70. The number of halogens is 1. The third-order valence-corrected chi connectivity index (χ3v) is 4.24. The van der Waals surface area contributed by atoms with E-state index in [1.807, 2.05) is 18.7 Å². The first-order valence-electron chi connectivity index (χ1n) is 5.53. The van der Waals surface area contributed by atoms with Crippen LogP contribution in [-0.2, 0) is 4.74 Å². The van der Waals surface area contributed by atoms with Crippen LogP contribution in [-0.4, -0.2) is 46.4 Å². The van der Waals surface area contributed by atoms with Crippen molar-refractivity contribution in [3.63, 3.8) is 0 Å². The normalized spacial score (nSPS) is 25.0. The lowest BCUT2D eigenvalue weighted by atomic mass is 10.2. The first-order chi connectivity index (χ1) is 8.10. The Kier molecular flexibility index (Phi) is 4.17. The van der Waals surface area contributed by atoms with Crippen molar-refractivity contribution in [2.24, 2.45) is 0 Å². The van der Waals surface area contributed by atoms with Crippen LogP contribution in [0.4, 0.5) is 0 Å². The molecule has 4 nitrogen and oxygen atoms in total. The van der Waals surface area contributed by atoms with Crippen molar-refractivity contribution in [3.05, 3.63) is 16.1 Å². The van der Waals surface area contributed by atoms with Gasteiger partial charge in [0.2, 0.25) is 0 Å². The molecule has 0 spiro atoms. The van der Waals surface area contributed by atoms with Crippen LogP contribution >= 0.6 is 27.3 Å². The Labute approximate surface area is 113 Å². The Morgan fingerprint density at radius 3 is 3.06 bits per heavy atom. The number of carbonyl (C=O) groups is 1. The van der Waals surface area contributed by atoms with E-state index in [-0.39, 0.29) is 18.1 Å². The third-order valence-electron chi connectivity index (χ3n) is 2.62. The number of aryl methyl sites for hydroxylation is 1. The van der Waals surface area contributed by atoms with E-state index in [0.717, 1.165) is 10.3 Å². The first-order valence-corrected chi connectivity index (χ1v) is 7.47. The molecule has 0 aliphatic carbocycles. The quantitative estimate of drug-likeness (QED) is 0.784. The number of hydrogen-bond donors (Lipinski definition) is 0. The van der Waals surface area contributed by atoms with Gasteiger partial charge < -0.3 is 9.64 Å². The average Bonchev–Trinajstić information content (AvgIpc) is 2.74. The molecule has 2 heterocycles. The van der Waals surface area contributed by atoms with Gasteiger partial charge in [-0.2, -0.15) is 0 Å². The SMILES string of the molecule is Cc1ncc(C(=O)N2CC(C)OC(CBr)C2)s1. The number of rotatable bonds is 2. The summed E-state index contributed by atoms with van der Waals surface area (Å²) in [4.78, 5) is 18.9. The first kappa shape index (κ1) is 13.0. The molecule has 6 heteroatoms. The fraction of sp³-hybridized carbons (Fsp3) is 0.636. The highest BCUT2D eigenvalue weighted by atomic mass is 79.9. The maximum absolute atomic E-state index is 12.2. The van der Waals surface area contributed by atoms with E-state index in [4.69, 9.17) is 4.74 Å². The molecule has 0 radical (unpaired) electrons. The number of alkyl halides is 1. The number of nitrogens with zero attached hydrogens (tertiary/aromatic N) is 2. The van der Waals surface area contributed by atoms with Crippen LogP contribution in [0.15, 0.2) is 6.20 Å². The van der Waals surface area contributed by atoms with Crippen molar-refractivity contribution in [2.75, 3.05) is 18.4 Å². The minimum absolute atomic E-state index is 0.0664. The molecule has 17 heavy (non-hydrogen) atoms. The second-order valence-corrected chi connectivity index (χ2v) is 6.06. The van der Waals surface area contributed by atoms with Crippen molar-refractivity contribution in [2.45, 2.75) is 26.1 Å². The van der Waals surface area contributed by atoms with E-state index >= 15 is 0 Å². The number of ether oxygens (including phenoxy) is 1. The van der Waals surface area contributed by atoms with E-state index in [1.165, 1.54) is 11.3 Å². The zero-order valence-corrected chi connectivity index (χ0v) is 12.3. The maximum atomic E-state index is 12.2. The summed E-state index contributed by atoms with van der Waals surface area (Å²) in [6, 6.07) is 0. The summed E-state index contributed by atoms with van der Waals surface area (Å²) >= 11 is 4.85. The van der Waals surface area contributed by atoms with Crippen LogP contribution in [0.1, 0.15) is 21.6 Å². The zero-order chi connectivity index (χ0) is 12.4. The van der Waals surface area contributed by atoms with Crippen LogP contribution in [0.25, 0.3) is 0 Å². The van der Waals surface area contributed by atoms with Gasteiger partial charge in [-0.25, -0.2) is 4.98 Å². The highest BCUT2D eigenvalue weighted by molar-refractivity contribution is 9.09. The zero-order valence-electron chi connectivity index (χ0n) is 9.85. The Hall–Kier alpha value is -0.460. The number of hydrogen-bond acceptors (Lipinski definition) is 4. The fourth-order valence-electron chi connectivity index (χ4n) is 1.91. The average molecular weight is 319 g/mol. The van der Waals surface area contributed by atoms with Gasteiger partial charge in [0.05, 0.1) is 23.4 Å². The molecular formula is C11H15BrN2O2S. The molecule has 1 saturated heterocycles. The smallest absolute Gasteiger partial charge is 0.265 e. The van der Waals surface area contributed by atoms with Crippen molar-refractivity contribution >= 4 is 33.2 Å². The topological polar surface area (TPSA) is 42.4 Å². The molecule has 0 aromatic carbocycles. The monoisotopic (exact) mass is 318 g/mol. The second-order valence-electron chi connectivity index (χ2n) is 4.18. The highest BCUT2D eigenvalue weighted by Crippen LogP contribution is 2.19. The summed E-state index contributed by atoms with van der Waals surface area (Å²) in [5.74, 6) is 0.0664. The molecule has 1 amide bonds. The molecular weight excluding hydrogens is 304 g/mol. The fourth-order valence-corrected chi connectivity index (χ4v) is 3.02. The van der Waals surface area contributed by atoms with Gasteiger partial charge in [-0.3, -0.25) is 4.79 Å². The molecule has 1 aromatic heterocycles. The summed E-state index contributed by atoms with van der Waals surface area (Å²) in [6.45, 7) is 5.20. The van der Waals surface area contributed by atoms with E-state index in [0.29, 0.717) is 18.0 Å². The van der Waals surface area contributed by atoms with Gasteiger partial charge in [-0.15, -0.1) is 11.3 Å². The molecule has 0 bridgehead atoms. The minimum Gasteiger partial charge on any atom is -0.371 e. The molecule has 1 aliphatic heterocycles. The lowest BCUT2D eigenvalue weighted by molar-refractivity contribution is -0.0558. The van der Waals surface area contributed by atoms with Crippen molar-refractivity contribution in [3.8, 4) is 0 Å². The van der Waals surface area contributed by atoms with E-state index in [9.17, 15) is 4.79 Å². The van der Waals surface area contributed by atoms with Crippen molar-refractivity contribution in [1.82, 2.24) is 9.88 Å². The predicted molar refractivity (Wildman–Crippen MR) is 70.9 cm³/mol. The van der Waals surface area contributed by atoms with Crippen LogP contribution < -0.4 is 0 Å². The van der Waals surface area contributed by atoms with E-state index < -0.39 is 0 Å². The summed E-state index contributed by atoms with van der Waals surface area (Å²) in [5.41, 5.74) is 0. The molecule has 2 atom stereocenters. The van der Waals surface area contributed by atoms with Gasteiger partial charge in [-0.1, -0.05) is 15.9 Å². The largest absolute Gasteiger partial charge is 0.371 e. The molecule has 2 rings (SSSR count). The van der Waals surface area contributed by atoms with Gasteiger partial charge in [0.1, 0.15) is 4.88 Å². The minimum atomic E-state index is 0.0664. The van der Waals surface area contributed by atoms with Crippen LogP contribution in [0.2, 0.25) is 0 Å². The lowest BCUT2D eigenvalue weighted by Crippen LogP contribution is -2.49. The molecule has 1 aliphatic rings. The van der Waals surface area contributed by atoms with Crippen LogP contribution in [0, 0.1) is 6.92 Å². The van der Waals surface area contributed by atoms with E-state index in [2.05, 4.69) is 20.9 Å². The number of aromatic nitrogens is 1. The molecule has 94 valence electrons. The summed E-state index contributed by atoms with van der Waals surface area (Å²) in [7, 11) is 0. The number of morpholine rings is 1. The number of thiazole rings is 1. The Balaban J connectivity index is 2.08. The maximum Gasteiger partial charge on any atom is 0.265 e. The van der Waals surface area contributed by atoms with Gasteiger partial charge in [-0.05, 0) is 13.8 Å². The van der Waals surface area contributed by atoms with Crippen LogP contribution in [0.5, 0.6) is 0 Å². The lowest BCUT2D eigenvalue weighted by Gasteiger charge is -2.35. The van der Waals surface area contributed by atoms with Crippen molar-refractivity contribution < 1.29 is 9.53 Å².